The number of esters is 1. The average molecular weight is 898 g/mol. The number of carbonyl (C=O) groups excluding carboxylic acids is 4. The molecule has 16 nitrogen and oxygen atoms in total. The van der Waals surface area contributed by atoms with E-state index in [4.69, 9.17) is 33.1 Å². The fourth-order valence-corrected chi connectivity index (χ4v) is 8.55. The zero-order valence-corrected chi connectivity index (χ0v) is 38.9. The van der Waals surface area contributed by atoms with Gasteiger partial charge in [0.05, 0.1) is 36.0 Å². The van der Waals surface area contributed by atoms with Crippen LogP contribution in [-0.4, -0.2) is 95.1 Å². The van der Waals surface area contributed by atoms with Gasteiger partial charge in [-0.1, -0.05) is 52.8 Å². The molecule has 9 atom stereocenters. The second kappa shape index (κ2) is 19.1. The number of ether oxygens (including phenoxy) is 5. The van der Waals surface area contributed by atoms with Crippen molar-refractivity contribution in [2.75, 3.05) is 32.6 Å². The van der Waals surface area contributed by atoms with E-state index in [0.29, 0.717) is 12.3 Å². The van der Waals surface area contributed by atoms with E-state index in [9.17, 15) is 34.2 Å². The van der Waals surface area contributed by atoms with Crippen LogP contribution in [0.5, 0.6) is 17.2 Å². The number of benzene rings is 3. The molecule has 4 aromatic rings. The van der Waals surface area contributed by atoms with Gasteiger partial charge in [0.15, 0.2) is 22.3 Å². The van der Waals surface area contributed by atoms with Crippen molar-refractivity contribution < 1.29 is 57.5 Å². The van der Waals surface area contributed by atoms with Crippen LogP contribution in [0.15, 0.2) is 63.6 Å². The quantitative estimate of drug-likeness (QED) is 0.0761. The summed E-state index contributed by atoms with van der Waals surface area (Å²) in [7, 11) is 3.15. The number of Topliss-reactive ketones (excluding diaryl/α,β-unsaturated/α-hetero) is 1. The number of aliphatic hydroxyl groups is 1. The van der Waals surface area contributed by atoms with Gasteiger partial charge in [0.1, 0.15) is 40.9 Å². The number of aromatic hydroxyl groups is 1. The number of fused-ring (bicyclic) bond motifs is 2. The molecule has 0 saturated heterocycles. The van der Waals surface area contributed by atoms with Gasteiger partial charge in [-0.15, -0.1) is 0 Å². The number of hydrogen-bond donors (Lipinski definition) is 3. The number of aromatic nitrogens is 1. The Balaban J connectivity index is 1.56. The Morgan fingerprint density at radius 1 is 0.985 bits per heavy atom. The van der Waals surface area contributed by atoms with Gasteiger partial charge in [-0.3, -0.25) is 24.0 Å². The number of allylic oxidation sites excluding steroid dienone is 2. The third-order valence-electron chi connectivity index (χ3n) is 13.1. The standard InChI is InChI=1S/C49H59N3O13/c1-23-14-13-15-24(2)48(59)51-40-43(57)37-36(39-46(40)64-35-22-32(16-17-33(35)50-39)61-21-19-52(11)30(8)53)38-45(29(7)42(37)56)65-49(10,47(38)58)62-20-18-34(60-12)28(6)44(63-31(9)54)27(5)25(3)26(4)41(23)55/h13-18,20,22-23,25-28,34,41,44,55,57H,19,21H2,1-12H3,(H,51,59)/b14-13+,20-18+,24-15-/t23-,25+,26-,27+,28+,34-,41-,44-,49-/m0/s1. The smallest absolute Gasteiger partial charge is 0.312 e. The summed E-state index contributed by atoms with van der Waals surface area (Å²) in [4.78, 5) is 73.6. The summed E-state index contributed by atoms with van der Waals surface area (Å²) in [5.74, 6) is -5.88. The van der Waals surface area contributed by atoms with Crippen LogP contribution < -0.4 is 20.2 Å². The van der Waals surface area contributed by atoms with Crippen LogP contribution in [0.1, 0.15) is 78.2 Å². The molecule has 0 radical (unpaired) electrons. The highest BCUT2D eigenvalue weighted by molar-refractivity contribution is 6.26. The maximum absolute atomic E-state index is 14.7. The van der Waals surface area contributed by atoms with Gasteiger partial charge in [-0.25, -0.2) is 4.98 Å². The second-order valence-corrected chi connectivity index (χ2v) is 17.5. The van der Waals surface area contributed by atoms with Crippen LogP contribution in [0.4, 0.5) is 5.69 Å². The van der Waals surface area contributed by atoms with Gasteiger partial charge in [0.25, 0.3) is 11.7 Å². The van der Waals surface area contributed by atoms with E-state index in [0.717, 1.165) is 0 Å². The molecule has 0 fully saturated rings. The van der Waals surface area contributed by atoms with Crippen molar-refractivity contribution in [2.24, 2.45) is 29.6 Å². The fourth-order valence-electron chi connectivity index (χ4n) is 8.55. The molecule has 2 aliphatic rings. The predicted octanol–water partition coefficient (Wildman–Crippen LogP) is 7.13. The lowest BCUT2D eigenvalue weighted by molar-refractivity contribution is -0.157. The summed E-state index contributed by atoms with van der Waals surface area (Å²) in [5, 5.41) is 26.0. The first-order chi connectivity index (χ1) is 30.6. The molecule has 0 saturated carbocycles. The predicted molar refractivity (Wildman–Crippen MR) is 244 cm³/mol. The maximum Gasteiger partial charge on any atom is 0.312 e. The lowest BCUT2D eigenvalue weighted by atomic mass is 9.73. The summed E-state index contributed by atoms with van der Waals surface area (Å²) in [6, 6.07) is 4.81. The number of methoxy groups -OCH3 is 1. The number of phenols is 1. The van der Waals surface area contributed by atoms with Crippen molar-refractivity contribution >= 4 is 62.2 Å². The molecule has 2 aliphatic heterocycles. The Hall–Kier alpha value is -6.26. The number of likely N-dealkylation sites (N-methyl/N-ethyl adjacent to an activating group) is 1. The van der Waals surface area contributed by atoms with Crippen LogP contribution in [0, 0.1) is 36.5 Å². The summed E-state index contributed by atoms with van der Waals surface area (Å²) in [5.41, 5.74) is -0.633. The molecule has 65 heavy (non-hydrogen) atoms. The fraction of sp³-hybridized carbons (Fsp3) is 0.469. The number of carbonyl (C=O) groups is 4. The average Bonchev–Trinajstić information content (AvgIpc) is 3.53. The van der Waals surface area contributed by atoms with Gasteiger partial charge in [0, 0.05) is 69.4 Å². The molecule has 16 heteroatoms. The van der Waals surface area contributed by atoms with E-state index in [1.807, 2.05) is 34.6 Å². The van der Waals surface area contributed by atoms with Gasteiger partial charge in [-0.05, 0) is 49.8 Å². The molecular weight excluding hydrogens is 839 g/mol. The zero-order valence-electron chi connectivity index (χ0n) is 38.9. The first-order valence-corrected chi connectivity index (χ1v) is 21.7. The lowest BCUT2D eigenvalue weighted by Gasteiger charge is -2.39. The van der Waals surface area contributed by atoms with Gasteiger partial charge in [-0.2, -0.15) is 0 Å². The highest BCUT2D eigenvalue weighted by Crippen LogP contribution is 2.48. The molecule has 3 N–H and O–H groups in total. The number of phenolic OH excluding ortho intramolecular Hbond substituents is 1. The van der Waals surface area contributed by atoms with E-state index >= 15 is 0 Å². The third kappa shape index (κ3) is 9.32. The number of hydrogen-bond acceptors (Lipinski definition) is 14. The zero-order chi connectivity index (χ0) is 47.8. The number of nitrogens with one attached hydrogen (secondary N) is 1. The largest absolute Gasteiger partial charge is 0.505 e. The van der Waals surface area contributed by atoms with Crippen LogP contribution in [0.3, 0.4) is 0 Å². The van der Waals surface area contributed by atoms with E-state index in [1.54, 1.807) is 56.5 Å². The summed E-state index contributed by atoms with van der Waals surface area (Å²) in [6.07, 6.45) is 5.63. The van der Waals surface area contributed by atoms with Crippen molar-refractivity contribution in [1.82, 2.24) is 9.88 Å². The Kier molecular flexibility index (Phi) is 14.1. The number of rotatable bonds is 6. The van der Waals surface area contributed by atoms with Crippen molar-refractivity contribution in [2.45, 2.75) is 93.3 Å². The Bertz CT molecular complexity index is 2700. The van der Waals surface area contributed by atoms with Crippen LogP contribution in [-0.2, 0) is 28.6 Å². The van der Waals surface area contributed by atoms with Crippen LogP contribution in [0.25, 0.3) is 33.0 Å². The number of aliphatic hydroxyl groups excluding tert-OH is 1. The van der Waals surface area contributed by atoms with E-state index in [-0.39, 0.29) is 97.3 Å². The van der Waals surface area contributed by atoms with Gasteiger partial charge < -0.3 is 48.5 Å². The lowest BCUT2D eigenvalue weighted by Crippen LogP contribution is -2.43. The monoisotopic (exact) mass is 897 g/mol. The molecule has 0 unspecified atom stereocenters. The summed E-state index contributed by atoms with van der Waals surface area (Å²) < 4.78 is 36.5. The normalized spacial score (nSPS) is 28.3. The first kappa shape index (κ1) is 48.2. The first-order valence-electron chi connectivity index (χ1n) is 21.7. The minimum atomic E-state index is -2.03. The van der Waals surface area contributed by atoms with Gasteiger partial charge >= 0.3 is 11.8 Å². The van der Waals surface area contributed by atoms with Crippen molar-refractivity contribution in [3.63, 3.8) is 0 Å². The highest BCUT2D eigenvalue weighted by atomic mass is 16.7. The minimum Gasteiger partial charge on any atom is -0.505 e. The number of nitrogens with zero attached hydrogens (tertiary/aromatic N) is 2. The summed E-state index contributed by atoms with van der Waals surface area (Å²) >= 11 is 0. The van der Waals surface area contributed by atoms with Crippen molar-refractivity contribution in [3.05, 3.63) is 75.7 Å². The second-order valence-electron chi connectivity index (χ2n) is 17.5. The van der Waals surface area contributed by atoms with Crippen molar-refractivity contribution in [1.29, 1.82) is 0 Å². The minimum absolute atomic E-state index is 0.00740. The van der Waals surface area contributed by atoms with Crippen molar-refractivity contribution in [3.8, 4) is 17.2 Å². The molecule has 0 spiro atoms. The highest BCUT2D eigenvalue weighted by Gasteiger charge is 2.49. The number of ketones is 1. The molecule has 1 aromatic heterocycles. The van der Waals surface area contributed by atoms with E-state index < -0.39 is 58.9 Å². The molecule has 0 aliphatic carbocycles. The maximum atomic E-state index is 14.7. The molecule has 348 valence electrons. The summed E-state index contributed by atoms with van der Waals surface area (Å²) in [6.45, 7) is 17.3. The number of anilines is 1. The van der Waals surface area contributed by atoms with Gasteiger partial charge in [0.2, 0.25) is 5.91 Å². The molecule has 2 amide bonds. The number of amides is 2. The molecule has 3 aromatic carbocycles. The Labute approximate surface area is 377 Å². The Morgan fingerprint density at radius 3 is 2.35 bits per heavy atom. The van der Waals surface area contributed by atoms with E-state index in [1.165, 1.54) is 46.0 Å². The molecule has 3 heterocycles. The van der Waals surface area contributed by atoms with E-state index in [2.05, 4.69) is 5.32 Å². The third-order valence-corrected chi connectivity index (χ3v) is 13.1. The topological polar surface area (TPSA) is 213 Å². The molecular formula is C49H59N3O13. The van der Waals surface area contributed by atoms with Crippen LogP contribution >= 0.6 is 0 Å². The molecule has 4 bridgehead atoms. The Morgan fingerprint density at radius 2 is 1.69 bits per heavy atom. The molecule has 6 rings (SSSR count). The van der Waals surface area contributed by atoms with Crippen LogP contribution in [0.2, 0.25) is 0 Å². The SMILES string of the molecule is CO[C@H]1/C=C/O[C@@]2(C)Oc3c(C)c(=O)c4c(O)c(c5oc6cc(OCCN(C)C(C)=O)ccc6nc5c4c3C2=O)NC(=O)/C(C)=C\C=C\[C@H](C)[C@H](O)[C@@H](C)[C@@H](C)[C@@H](C)[C@H](OC(C)=O)[C@@H]1C.